The minimum atomic E-state index is -0.0169. The van der Waals surface area contributed by atoms with E-state index in [1.807, 2.05) is 47.4 Å². The van der Waals surface area contributed by atoms with Crippen LogP contribution in [0, 0.1) is 0 Å². The van der Waals surface area contributed by atoms with Crippen LogP contribution in [0.1, 0.15) is 34.8 Å². The molecule has 0 aliphatic carbocycles. The first-order valence-corrected chi connectivity index (χ1v) is 11.3. The number of carbonyl (C=O) groups excluding carboxylic acids is 1. The number of ether oxygens (including phenoxy) is 1. The van der Waals surface area contributed by atoms with Crippen LogP contribution in [0.3, 0.4) is 0 Å². The number of benzene rings is 1. The van der Waals surface area contributed by atoms with Gasteiger partial charge in [0.2, 0.25) is 0 Å². The van der Waals surface area contributed by atoms with Crippen LogP contribution in [-0.2, 0) is 0 Å². The molecule has 3 aromatic heterocycles. The summed E-state index contributed by atoms with van der Waals surface area (Å²) in [4.78, 5) is 32.6. The van der Waals surface area contributed by atoms with Crippen LogP contribution in [0.25, 0.3) is 22.4 Å². The van der Waals surface area contributed by atoms with E-state index in [1.54, 1.807) is 31.9 Å². The van der Waals surface area contributed by atoms with E-state index in [-0.39, 0.29) is 11.8 Å². The summed E-state index contributed by atoms with van der Waals surface area (Å²) >= 11 is 0. The number of nitrogens with zero attached hydrogens (tertiary/aromatic N) is 5. The third-order valence-electron chi connectivity index (χ3n) is 6.16. The maximum absolute atomic E-state index is 13.3. The van der Waals surface area contributed by atoms with Gasteiger partial charge in [0.1, 0.15) is 12.1 Å². The van der Waals surface area contributed by atoms with Crippen LogP contribution < -0.4 is 4.74 Å². The van der Waals surface area contributed by atoms with Gasteiger partial charge in [-0.2, -0.15) is 0 Å². The Kier molecular flexibility index (Phi) is 6.25. The Balaban J connectivity index is 1.36. The van der Waals surface area contributed by atoms with Gasteiger partial charge in [0.05, 0.1) is 18.4 Å². The molecule has 0 N–H and O–H groups in total. The summed E-state index contributed by atoms with van der Waals surface area (Å²) in [5.74, 6) is 0.951. The highest BCUT2D eigenvalue weighted by atomic mass is 16.5. The fourth-order valence-electron chi connectivity index (χ4n) is 4.43. The Morgan fingerprint density at radius 3 is 2.65 bits per heavy atom. The van der Waals surface area contributed by atoms with Crippen LogP contribution in [0.4, 0.5) is 0 Å². The van der Waals surface area contributed by atoms with Gasteiger partial charge in [-0.15, -0.1) is 0 Å². The topological polar surface area (TPSA) is 81.1 Å². The zero-order valence-electron chi connectivity index (χ0n) is 19.0. The van der Waals surface area contributed by atoms with Crippen molar-refractivity contribution in [2.75, 3.05) is 20.2 Å². The number of carbonyl (C=O) groups is 1. The number of aromatic nitrogens is 4. The zero-order chi connectivity index (χ0) is 23.3. The molecule has 1 fully saturated rings. The molecule has 1 aliphatic heterocycles. The van der Waals surface area contributed by atoms with Crippen molar-refractivity contribution in [2.24, 2.45) is 0 Å². The lowest BCUT2D eigenvalue weighted by Crippen LogP contribution is -2.39. The van der Waals surface area contributed by atoms with Crippen molar-refractivity contribution in [1.82, 2.24) is 24.8 Å². The van der Waals surface area contributed by atoms with Crippen LogP contribution in [0.5, 0.6) is 5.75 Å². The van der Waals surface area contributed by atoms with Crippen molar-refractivity contribution >= 4 is 5.91 Å². The van der Waals surface area contributed by atoms with E-state index in [0.29, 0.717) is 12.1 Å². The second-order valence-electron chi connectivity index (χ2n) is 8.33. The lowest BCUT2D eigenvalue weighted by molar-refractivity contribution is 0.0705. The van der Waals surface area contributed by atoms with Crippen LogP contribution >= 0.6 is 0 Å². The number of para-hydroxylation sites is 1. The van der Waals surface area contributed by atoms with E-state index in [0.717, 1.165) is 53.2 Å². The largest absolute Gasteiger partial charge is 0.496 e. The fourth-order valence-corrected chi connectivity index (χ4v) is 4.43. The Morgan fingerprint density at radius 1 is 0.971 bits per heavy atom. The minimum Gasteiger partial charge on any atom is -0.496 e. The molecule has 0 saturated carbocycles. The normalized spacial score (nSPS) is 15.7. The standard InChI is InChI=1S/C27H25N5O2/c1-34-26-10-3-2-7-23(26)25-9-4-8-24(31-25)19-6-5-11-32(17-19)27(33)21-12-20(13-28-14-21)22-15-29-18-30-16-22/h2-4,7-10,12-16,18-19H,5-6,11,17H2,1H3. The molecule has 1 amide bonds. The van der Waals surface area contributed by atoms with E-state index in [9.17, 15) is 4.79 Å². The molecule has 170 valence electrons. The summed E-state index contributed by atoms with van der Waals surface area (Å²) in [6, 6.07) is 15.8. The maximum atomic E-state index is 13.3. The molecule has 4 aromatic rings. The second-order valence-corrected chi connectivity index (χ2v) is 8.33. The van der Waals surface area contributed by atoms with Crippen LogP contribution in [-0.4, -0.2) is 50.9 Å². The smallest absolute Gasteiger partial charge is 0.255 e. The van der Waals surface area contributed by atoms with Gasteiger partial charge < -0.3 is 9.64 Å². The molecule has 7 heteroatoms. The molecule has 5 rings (SSSR count). The average molecular weight is 452 g/mol. The number of hydrogen-bond acceptors (Lipinski definition) is 6. The molecule has 1 unspecified atom stereocenters. The van der Waals surface area contributed by atoms with Crippen molar-refractivity contribution in [3.05, 3.63) is 90.9 Å². The van der Waals surface area contributed by atoms with Crippen molar-refractivity contribution in [3.63, 3.8) is 0 Å². The van der Waals surface area contributed by atoms with Gasteiger partial charge in [-0.25, -0.2) is 9.97 Å². The highest BCUT2D eigenvalue weighted by Gasteiger charge is 2.27. The van der Waals surface area contributed by atoms with Gasteiger partial charge in [0.15, 0.2) is 0 Å². The van der Waals surface area contributed by atoms with E-state index in [2.05, 4.69) is 21.0 Å². The SMILES string of the molecule is COc1ccccc1-c1cccc(C2CCCN(C(=O)c3cncc(-c4cncnc4)c3)C2)n1. The summed E-state index contributed by atoms with van der Waals surface area (Å²) in [6.45, 7) is 1.35. The number of piperidine rings is 1. The number of pyridine rings is 2. The van der Waals surface area contributed by atoms with Crippen LogP contribution in [0.2, 0.25) is 0 Å². The Bertz CT molecular complexity index is 1290. The molecule has 0 bridgehead atoms. The van der Waals surface area contributed by atoms with E-state index in [1.165, 1.54) is 6.33 Å². The number of rotatable bonds is 5. The number of methoxy groups -OCH3 is 1. The first kappa shape index (κ1) is 21.7. The maximum Gasteiger partial charge on any atom is 0.255 e. The van der Waals surface area contributed by atoms with Crippen molar-refractivity contribution in [3.8, 4) is 28.1 Å². The molecule has 0 radical (unpaired) electrons. The van der Waals surface area contributed by atoms with Crippen molar-refractivity contribution in [2.45, 2.75) is 18.8 Å². The Hall–Kier alpha value is -4.13. The molecule has 4 heterocycles. The zero-order valence-corrected chi connectivity index (χ0v) is 19.0. The van der Waals surface area contributed by atoms with Gasteiger partial charge in [-0.1, -0.05) is 18.2 Å². The molecule has 1 saturated heterocycles. The molecule has 7 nitrogen and oxygen atoms in total. The van der Waals surface area contributed by atoms with Gasteiger partial charge in [0.25, 0.3) is 5.91 Å². The quantitative estimate of drug-likeness (QED) is 0.440. The lowest BCUT2D eigenvalue weighted by Gasteiger charge is -2.32. The monoisotopic (exact) mass is 451 g/mol. The average Bonchev–Trinajstić information content (AvgIpc) is 2.93. The number of likely N-dealkylation sites (tertiary alicyclic amines) is 1. The Labute approximate surface area is 198 Å². The molecule has 34 heavy (non-hydrogen) atoms. The molecular formula is C27H25N5O2. The van der Waals surface area contributed by atoms with Gasteiger partial charge in [-0.3, -0.25) is 14.8 Å². The molecule has 1 atom stereocenters. The van der Waals surface area contributed by atoms with Crippen molar-refractivity contribution in [1.29, 1.82) is 0 Å². The third kappa shape index (κ3) is 4.50. The minimum absolute atomic E-state index is 0.0169. The third-order valence-corrected chi connectivity index (χ3v) is 6.16. The summed E-state index contributed by atoms with van der Waals surface area (Å²) in [7, 11) is 1.67. The predicted molar refractivity (Wildman–Crippen MR) is 129 cm³/mol. The van der Waals surface area contributed by atoms with Gasteiger partial charge in [-0.05, 0) is 43.2 Å². The van der Waals surface area contributed by atoms with Gasteiger partial charge >= 0.3 is 0 Å². The molecule has 0 spiro atoms. The highest BCUT2D eigenvalue weighted by Crippen LogP contribution is 2.32. The molecule has 1 aliphatic rings. The molecular weight excluding hydrogens is 426 g/mol. The second kappa shape index (κ2) is 9.79. The highest BCUT2D eigenvalue weighted by molar-refractivity contribution is 5.95. The summed E-state index contributed by atoms with van der Waals surface area (Å²) in [5.41, 5.74) is 5.06. The Morgan fingerprint density at radius 2 is 1.79 bits per heavy atom. The summed E-state index contributed by atoms with van der Waals surface area (Å²) < 4.78 is 5.52. The summed E-state index contributed by atoms with van der Waals surface area (Å²) in [5, 5.41) is 0. The fraction of sp³-hybridized carbons (Fsp3) is 0.222. The van der Waals surface area contributed by atoms with E-state index in [4.69, 9.17) is 9.72 Å². The van der Waals surface area contributed by atoms with Crippen molar-refractivity contribution < 1.29 is 9.53 Å². The van der Waals surface area contributed by atoms with E-state index < -0.39 is 0 Å². The van der Waals surface area contributed by atoms with E-state index >= 15 is 0 Å². The summed E-state index contributed by atoms with van der Waals surface area (Å²) in [6.07, 6.45) is 10.2. The number of hydrogen-bond donors (Lipinski definition) is 0. The lowest BCUT2D eigenvalue weighted by atomic mass is 9.93. The first-order valence-electron chi connectivity index (χ1n) is 11.3. The van der Waals surface area contributed by atoms with Gasteiger partial charge in [0, 0.05) is 66.2 Å². The molecule has 1 aromatic carbocycles. The number of amides is 1. The predicted octanol–water partition coefficient (Wildman–Crippen LogP) is 4.63. The first-order chi connectivity index (χ1) is 16.7. The van der Waals surface area contributed by atoms with Crippen LogP contribution in [0.15, 0.2) is 79.6 Å².